The van der Waals surface area contributed by atoms with E-state index < -0.39 is 5.66 Å². The van der Waals surface area contributed by atoms with Crippen LogP contribution in [0.4, 0.5) is 4.39 Å². The van der Waals surface area contributed by atoms with E-state index in [1.165, 1.54) is 34.7 Å². The summed E-state index contributed by atoms with van der Waals surface area (Å²) in [5.74, 6) is -0.903. The molecule has 2 amide bonds. The fourth-order valence-corrected chi connectivity index (χ4v) is 3.91. The van der Waals surface area contributed by atoms with Crippen LogP contribution in [0.5, 0.6) is 0 Å². The fraction of sp³-hybridized carbons (Fsp3) is 0.318. The number of benzene rings is 2. The minimum atomic E-state index is -0.842. The van der Waals surface area contributed by atoms with Gasteiger partial charge in [-0.3, -0.25) is 14.6 Å². The van der Waals surface area contributed by atoms with Gasteiger partial charge in [0.2, 0.25) is 5.91 Å². The summed E-state index contributed by atoms with van der Waals surface area (Å²) >= 11 is 0. The third-order valence-electron chi connectivity index (χ3n) is 5.38. The molecule has 1 aliphatic heterocycles. The SMILES string of the molecule is CC1(C)N=C(c2ccc(F)cc2)C(=O)N1CC(=O)N[C@H]1CCc2ccccc21. The van der Waals surface area contributed by atoms with Gasteiger partial charge in [0.25, 0.3) is 5.91 Å². The molecule has 0 radical (unpaired) electrons. The quantitative estimate of drug-likeness (QED) is 0.888. The zero-order chi connectivity index (χ0) is 19.9. The topological polar surface area (TPSA) is 61.8 Å². The number of carbonyl (C=O) groups excluding carboxylic acids is 2. The van der Waals surface area contributed by atoms with Crippen LogP contribution in [0.1, 0.15) is 43.0 Å². The molecule has 2 aliphatic rings. The van der Waals surface area contributed by atoms with Gasteiger partial charge in [-0.1, -0.05) is 24.3 Å². The van der Waals surface area contributed by atoms with Crippen molar-refractivity contribution >= 4 is 17.5 Å². The van der Waals surface area contributed by atoms with Gasteiger partial charge in [0.15, 0.2) is 0 Å². The Labute approximate surface area is 163 Å². The van der Waals surface area contributed by atoms with Crippen LogP contribution in [0.2, 0.25) is 0 Å². The third kappa shape index (κ3) is 3.30. The normalized spacial score (nSPS) is 20.1. The number of aliphatic imine (C=N–C) groups is 1. The smallest absolute Gasteiger partial charge is 0.275 e. The van der Waals surface area contributed by atoms with E-state index in [4.69, 9.17) is 0 Å². The summed E-state index contributed by atoms with van der Waals surface area (Å²) in [5, 5.41) is 3.05. The average Bonchev–Trinajstić information content (AvgIpc) is 3.16. The predicted octanol–water partition coefficient (Wildman–Crippen LogP) is 3.00. The molecule has 2 aromatic rings. The second-order valence-corrected chi connectivity index (χ2v) is 7.71. The number of hydrogen-bond acceptors (Lipinski definition) is 3. The Bertz CT molecular complexity index is 966. The summed E-state index contributed by atoms with van der Waals surface area (Å²) in [5.41, 5.74) is 2.36. The van der Waals surface area contributed by atoms with Crippen molar-refractivity contribution in [1.29, 1.82) is 0 Å². The van der Waals surface area contributed by atoms with Crippen molar-refractivity contribution in [1.82, 2.24) is 10.2 Å². The molecule has 28 heavy (non-hydrogen) atoms. The predicted molar refractivity (Wildman–Crippen MR) is 104 cm³/mol. The Balaban J connectivity index is 1.47. The van der Waals surface area contributed by atoms with E-state index in [0.717, 1.165) is 18.4 Å². The van der Waals surface area contributed by atoms with E-state index in [9.17, 15) is 14.0 Å². The minimum absolute atomic E-state index is 0.0259. The van der Waals surface area contributed by atoms with Crippen molar-refractivity contribution in [2.45, 2.75) is 38.4 Å². The molecule has 6 heteroatoms. The molecule has 2 aromatic carbocycles. The van der Waals surface area contributed by atoms with Crippen LogP contribution in [0.3, 0.4) is 0 Å². The molecule has 0 spiro atoms. The Morgan fingerprint density at radius 1 is 1.21 bits per heavy atom. The highest BCUT2D eigenvalue weighted by atomic mass is 19.1. The number of fused-ring (bicyclic) bond motifs is 1. The second kappa shape index (κ2) is 6.86. The molecule has 4 rings (SSSR count). The molecule has 0 aromatic heterocycles. The van der Waals surface area contributed by atoms with Crippen molar-refractivity contribution in [3.8, 4) is 0 Å². The Hall–Kier alpha value is -3.02. The van der Waals surface area contributed by atoms with Gasteiger partial charge < -0.3 is 10.2 Å². The van der Waals surface area contributed by atoms with Gasteiger partial charge in [0, 0.05) is 5.56 Å². The molecular formula is C22H22FN3O2. The van der Waals surface area contributed by atoms with Crippen LogP contribution in [-0.4, -0.2) is 34.6 Å². The van der Waals surface area contributed by atoms with E-state index in [1.54, 1.807) is 13.8 Å². The highest BCUT2D eigenvalue weighted by molar-refractivity contribution is 6.46. The van der Waals surface area contributed by atoms with E-state index in [2.05, 4.69) is 16.4 Å². The van der Waals surface area contributed by atoms with Gasteiger partial charge >= 0.3 is 0 Å². The summed E-state index contributed by atoms with van der Waals surface area (Å²) < 4.78 is 13.2. The molecule has 1 N–H and O–H groups in total. The molecule has 144 valence electrons. The first kappa shape index (κ1) is 18.3. The molecule has 0 unspecified atom stereocenters. The first-order chi connectivity index (χ1) is 13.3. The van der Waals surface area contributed by atoms with Crippen molar-refractivity contribution in [3.63, 3.8) is 0 Å². The lowest BCUT2D eigenvalue weighted by atomic mass is 10.1. The van der Waals surface area contributed by atoms with Crippen LogP contribution in [-0.2, 0) is 16.0 Å². The standard InChI is InChI=1S/C22H22FN3O2/c1-22(2)25-20(15-7-10-16(23)11-8-15)21(28)26(22)13-19(27)24-18-12-9-14-5-3-4-6-17(14)18/h3-8,10-11,18H,9,12-13H2,1-2H3,(H,24,27)/t18-/m0/s1. The van der Waals surface area contributed by atoms with Crippen LogP contribution in [0.25, 0.3) is 0 Å². The highest BCUT2D eigenvalue weighted by Crippen LogP contribution is 2.31. The van der Waals surface area contributed by atoms with E-state index in [0.29, 0.717) is 5.56 Å². The van der Waals surface area contributed by atoms with Crippen LogP contribution in [0.15, 0.2) is 53.5 Å². The van der Waals surface area contributed by atoms with E-state index >= 15 is 0 Å². The van der Waals surface area contributed by atoms with Gasteiger partial charge in [-0.2, -0.15) is 0 Å². The molecular weight excluding hydrogens is 357 g/mol. The van der Waals surface area contributed by atoms with Crippen molar-refractivity contribution < 1.29 is 14.0 Å². The number of nitrogens with one attached hydrogen (secondary N) is 1. The zero-order valence-electron chi connectivity index (χ0n) is 15.9. The highest BCUT2D eigenvalue weighted by Gasteiger charge is 2.41. The number of halogens is 1. The molecule has 1 atom stereocenters. The Morgan fingerprint density at radius 2 is 1.93 bits per heavy atom. The first-order valence-corrected chi connectivity index (χ1v) is 9.40. The number of aryl methyl sites for hydroxylation is 1. The fourth-order valence-electron chi connectivity index (χ4n) is 3.91. The molecule has 0 saturated carbocycles. The number of amides is 2. The lowest BCUT2D eigenvalue weighted by Crippen LogP contribution is -2.48. The maximum Gasteiger partial charge on any atom is 0.275 e. The lowest BCUT2D eigenvalue weighted by Gasteiger charge is -2.29. The lowest BCUT2D eigenvalue weighted by molar-refractivity contribution is -0.134. The van der Waals surface area contributed by atoms with E-state index in [1.807, 2.05) is 18.2 Å². The summed E-state index contributed by atoms with van der Waals surface area (Å²) in [6.07, 6.45) is 1.80. The van der Waals surface area contributed by atoms with Gasteiger partial charge in [-0.25, -0.2) is 4.39 Å². The number of carbonyl (C=O) groups is 2. The van der Waals surface area contributed by atoms with Crippen LogP contribution < -0.4 is 5.32 Å². The Morgan fingerprint density at radius 3 is 2.68 bits per heavy atom. The monoisotopic (exact) mass is 379 g/mol. The number of hydrogen-bond donors (Lipinski definition) is 1. The molecule has 1 aliphatic carbocycles. The Kier molecular flexibility index (Phi) is 4.49. The summed E-state index contributed by atoms with van der Waals surface area (Å²) in [6, 6.07) is 13.7. The van der Waals surface area contributed by atoms with Crippen LogP contribution in [0, 0.1) is 5.82 Å². The maximum absolute atomic E-state index is 13.2. The summed E-state index contributed by atoms with van der Waals surface area (Å²) in [7, 11) is 0. The second-order valence-electron chi connectivity index (χ2n) is 7.71. The average molecular weight is 379 g/mol. The largest absolute Gasteiger partial charge is 0.348 e. The van der Waals surface area contributed by atoms with Gasteiger partial charge in [0.05, 0.1) is 6.04 Å². The molecule has 5 nitrogen and oxygen atoms in total. The minimum Gasteiger partial charge on any atom is -0.348 e. The van der Waals surface area contributed by atoms with Gasteiger partial charge in [0.1, 0.15) is 23.7 Å². The van der Waals surface area contributed by atoms with Crippen molar-refractivity contribution in [2.75, 3.05) is 6.54 Å². The van der Waals surface area contributed by atoms with Gasteiger partial charge in [-0.15, -0.1) is 0 Å². The number of rotatable bonds is 4. The summed E-state index contributed by atoms with van der Waals surface area (Å²) in [6.45, 7) is 3.51. The van der Waals surface area contributed by atoms with Crippen LogP contribution >= 0.6 is 0 Å². The molecule has 0 bridgehead atoms. The van der Waals surface area contributed by atoms with E-state index in [-0.39, 0.29) is 35.9 Å². The summed E-state index contributed by atoms with van der Waals surface area (Å²) in [4.78, 5) is 31.5. The molecule has 0 saturated heterocycles. The first-order valence-electron chi connectivity index (χ1n) is 9.40. The van der Waals surface area contributed by atoms with Crippen molar-refractivity contribution in [2.24, 2.45) is 4.99 Å². The molecule has 1 heterocycles. The zero-order valence-corrected chi connectivity index (χ0v) is 15.9. The third-order valence-corrected chi connectivity index (χ3v) is 5.38. The number of nitrogens with zero attached hydrogens (tertiary/aromatic N) is 2. The maximum atomic E-state index is 13.2. The molecule has 0 fully saturated rings. The van der Waals surface area contributed by atoms with Crippen molar-refractivity contribution in [3.05, 3.63) is 71.0 Å². The van der Waals surface area contributed by atoms with Gasteiger partial charge in [-0.05, 0) is 62.1 Å².